The molecule has 0 atom stereocenters. The Bertz CT molecular complexity index is 795. The van der Waals surface area contributed by atoms with Gasteiger partial charge in [-0.25, -0.2) is 0 Å². The summed E-state index contributed by atoms with van der Waals surface area (Å²) in [6, 6.07) is 12.8. The molecule has 0 spiro atoms. The van der Waals surface area contributed by atoms with E-state index in [-0.39, 0.29) is 5.75 Å². The van der Waals surface area contributed by atoms with E-state index in [0.717, 1.165) is 16.8 Å². The zero-order valence-electron chi connectivity index (χ0n) is 10.7. The molecule has 5 heteroatoms. The average molecular weight is 289 g/mol. The van der Waals surface area contributed by atoms with Crippen LogP contribution in [0.15, 0.2) is 54.7 Å². The van der Waals surface area contributed by atoms with Crippen molar-refractivity contribution < 1.29 is 18.3 Å². The summed E-state index contributed by atoms with van der Waals surface area (Å²) in [5, 5.41) is 11.4. The predicted molar refractivity (Wildman–Crippen MR) is 73.8 cm³/mol. The van der Waals surface area contributed by atoms with Gasteiger partial charge in [0.05, 0.1) is 0 Å². The third-order valence-electron chi connectivity index (χ3n) is 3.21. The third kappa shape index (κ3) is 2.54. The second kappa shape index (κ2) is 4.77. The molecular weight excluding hydrogens is 279 g/mol. The van der Waals surface area contributed by atoms with Crippen LogP contribution in [0.3, 0.4) is 0 Å². The van der Waals surface area contributed by atoms with E-state index in [1.807, 2.05) is 24.3 Å². The van der Waals surface area contributed by atoms with E-state index in [4.69, 9.17) is 0 Å². The van der Waals surface area contributed by atoms with Gasteiger partial charge < -0.3 is 5.11 Å². The Morgan fingerprint density at radius 2 is 1.71 bits per heavy atom. The minimum atomic E-state index is -4.46. The molecule has 0 radical (unpaired) electrons. The Balaban J connectivity index is 2.16. The lowest BCUT2D eigenvalue weighted by Crippen LogP contribution is -2.07. The largest absolute Gasteiger partial charge is 0.508 e. The zero-order chi connectivity index (χ0) is 15.0. The fourth-order valence-electron chi connectivity index (χ4n) is 2.25. The number of alkyl halides is 3. The number of halogens is 3. The Morgan fingerprint density at radius 1 is 0.952 bits per heavy atom. The van der Waals surface area contributed by atoms with Crippen molar-refractivity contribution >= 4 is 10.8 Å². The molecule has 0 unspecified atom stereocenters. The van der Waals surface area contributed by atoms with Gasteiger partial charge in [0.2, 0.25) is 0 Å². The van der Waals surface area contributed by atoms with Crippen LogP contribution in [0.1, 0.15) is 5.69 Å². The number of benzene rings is 2. The van der Waals surface area contributed by atoms with E-state index >= 15 is 0 Å². The van der Waals surface area contributed by atoms with Crippen molar-refractivity contribution in [2.75, 3.05) is 0 Å². The molecule has 1 aromatic heterocycles. The zero-order valence-corrected chi connectivity index (χ0v) is 10.7. The first-order valence-electron chi connectivity index (χ1n) is 6.20. The number of phenols is 1. The maximum atomic E-state index is 12.5. The van der Waals surface area contributed by atoms with E-state index < -0.39 is 11.9 Å². The lowest BCUT2D eigenvalue weighted by atomic mass is 9.99. The fraction of sp³-hybridized carbons (Fsp3) is 0.0625. The Hall–Kier alpha value is -2.56. The van der Waals surface area contributed by atoms with Crippen molar-refractivity contribution in [3.05, 3.63) is 60.4 Å². The molecule has 2 aromatic carbocycles. The van der Waals surface area contributed by atoms with Gasteiger partial charge in [-0.15, -0.1) is 0 Å². The van der Waals surface area contributed by atoms with Gasteiger partial charge in [0.25, 0.3) is 0 Å². The van der Waals surface area contributed by atoms with Gasteiger partial charge >= 0.3 is 6.18 Å². The van der Waals surface area contributed by atoms with Crippen LogP contribution in [0, 0.1) is 0 Å². The van der Waals surface area contributed by atoms with Gasteiger partial charge in [-0.2, -0.15) is 13.2 Å². The van der Waals surface area contributed by atoms with Crippen molar-refractivity contribution in [2.24, 2.45) is 0 Å². The van der Waals surface area contributed by atoms with Gasteiger partial charge in [0.15, 0.2) is 0 Å². The molecule has 3 aromatic rings. The van der Waals surface area contributed by atoms with Crippen LogP contribution in [0.2, 0.25) is 0 Å². The topological polar surface area (TPSA) is 33.1 Å². The molecule has 0 aliphatic carbocycles. The molecule has 2 nitrogen and oxygen atoms in total. The molecule has 1 N–H and O–H groups in total. The summed E-state index contributed by atoms with van der Waals surface area (Å²) in [4.78, 5) is 3.46. The van der Waals surface area contributed by atoms with Crippen LogP contribution in [-0.2, 0) is 6.18 Å². The summed E-state index contributed by atoms with van der Waals surface area (Å²) in [7, 11) is 0. The van der Waals surface area contributed by atoms with E-state index in [9.17, 15) is 18.3 Å². The first-order chi connectivity index (χ1) is 9.95. The molecule has 3 rings (SSSR count). The van der Waals surface area contributed by atoms with Gasteiger partial charge in [-0.3, -0.25) is 4.98 Å². The molecule has 0 saturated carbocycles. The van der Waals surface area contributed by atoms with Crippen LogP contribution in [0.4, 0.5) is 13.2 Å². The highest BCUT2D eigenvalue weighted by molar-refractivity contribution is 5.97. The summed E-state index contributed by atoms with van der Waals surface area (Å²) in [6.07, 6.45) is -3.29. The molecule has 0 saturated heterocycles. The van der Waals surface area contributed by atoms with Crippen molar-refractivity contribution in [3.63, 3.8) is 0 Å². The quantitative estimate of drug-likeness (QED) is 0.708. The van der Waals surface area contributed by atoms with Crippen molar-refractivity contribution in [2.45, 2.75) is 6.18 Å². The second-order valence-electron chi connectivity index (χ2n) is 4.64. The lowest BCUT2D eigenvalue weighted by molar-refractivity contribution is -0.141. The Labute approximate surface area is 118 Å². The van der Waals surface area contributed by atoms with Gasteiger partial charge in [-0.1, -0.05) is 30.3 Å². The summed E-state index contributed by atoms with van der Waals surface area (Å²) >= 11 is 0. The van der Waals surface area contributed by atoms with E-state index in [2.05, 4.69) is 4.98 Å². The first kappa shape index (κ1) is 13.4. The monoisotopic (exact) mass is 289 g/mol. The predicted octanol–water partition coefficient (Wildman–Crippen LogP) is 4.63. The van der Waals surface area contributed by atoms with Gasteiger partial charge in [0.1, 0.15) is 11.4 Å². The molecule has 0 fully saturated rings. The number of hydrogen-bond acceptors (Lipinski definition) is 2. The molecule has 106 valence electrons. The fourth-order valence-corrected chi connectivity index (χ4v) is 2.25. The van der Waals surface area contributed by atoms with E-state index in [0.29, 0.717) is 11.1 Å². The number of aromatic nitrogens is 1. The number of pyridine rings is 1. The minimum absolute atomic E-state index is 0.0589. The highest BCUT2D eigenvalue weighted by Gasteiger charge is 2.32. The number of aromatic hydroxyl groups is 1. The molecule has 0 amide bonds. The number of phenolic OH excluding ortho intramolecular Hbond substituents is 1. The highest BCUT2D eigenvalue weighted by Crippen LogP contribution is 2.34. The smallest absolute Gasteiger partial charge is 0.433 e. The maximum Gasteiger partial charge on any atom is 0.433 e. The summed E-state index contributed by atoms with van der Waals surface area (Å²) in [6.45, 7) is 0. The molecule has 1 heterocycles. The Kier molecular flexibility index (Phi) is 3.05. The average Bonchev–Trinajstić information content (AvgIpc) is 2.45. The molecule has 21 heavy (non-hydrogen) atoms. The van der Waals surface area contributed by atoms with E-state index in [1.165, 1.54) is 18.3 Å². The summed E-state index contributed by atoms with van der Waals surface area (Å²) in [5.41, 5.74) is 0.234. The minimum Gasteiger partial charge on any atom is -0.508 e. The molecule has 0 aliphatic rings. The maximum absolute atomic E-state index is 12.5. The molecule has 0 bridgehead atoms. The summed E-state index contributed by atoms with van der Waals surface area (Å²) < 4.78 is 37.6. The van der Waals surface area contributed by atoms with Crippen LogP contribution in [0.5, 0.6) is 5.75 Å². The van der Waals surface area contributed by atoms with Crippen molar-refractivity contribution in [1.29, 1.82) is 0 Å². The van der Waals surface area contributed by atoms with Gasteiger partial charge in [-0.05, 0) is 34.5 Å². The highest BCUT2D eigenvalue weighted by atomic mass is 19.4. The van der Waals surface area contributed by atoms with Crippen LogP contribution < -0.4 is 0 Å². The number of hydrogen-bond donors (Lipinski definition) is 1. The standard InChI is InChI=1S/C16H10F3NO/c17-16(18,19)15-6-5-11(9-20-15)14-8-12(21)7-10-3-1-2-4-13(10)14/h1-9,21H. The van der Waals surface area contributed by atoms with Crippen LogP contribution in [-0.4, -0.2) is 10.1 Å². The Morgan fingerprint density at radius 3 is 2.38 bits per heavy atom. The number of nitrogens with zero attached hydrogens (tertiary/aromatic N) is 1. The first-order valence-corrected chi connectivity index (χ1v) is 6.20. The van der Waals surface area contributed by atoms with Gasteiger partial charge in [0, 0.05) is 11.8 Å². The number of fused-ring (bicyclic) bond motifs is 1. The normalized spacial score (nSPS) is 11.8. The molecular formula is C16H10F3NO. The SMILES string of the molecule is Oc1cc(-c2ccc(C(F)(F)F)nc2)c2ccccc2c1. The lowest BCUT2D eigenvalue weighted by Gasteiger charge is -2.10. The van der Waals surface area contributed by atoms with Crippen LogP contribution in [0.25, 0.3) is 21.9 Å². The summed E-state index contributed by atoms with van der Waals surface area (Å²) in [5.74, 6) is 0.0589. The second-order valence-corrected chi connectivity index (χ2v) is 4.64. The number of rotatable bonds is 1. The third-order valence-corrected chi connectivity index (χ3v) is 3.21. The van der Waals surface area contributed by atoms with Crippen molar-refractivity contribution in [3.8, 4) is 16.9 Å². The van der Waals surface area contributed by atoms with E-state index in [1.54, 1.807) is 6.07 Å². The van der Waals surface area contributed by atoms with Crippen LogP contribution >= 0.6 is 0 Å². The van der Waals surface area contributed by atoms with Crippen molar-refractivity contribution in [1.82, 2.24) is 4.98 Å². The molecule has 0 aliphatic heterocycles.